The molecule has 0 bridgehead atoms. The summed E-state index contributed by atoms with van der Waals surface area (Å²) in [5.41, 5.74) is -1.90. The van der Waals surface area contributed by atoms with E-state index < -0.39 is 26.5 Å². The SMILES string of the molecule is O=C(O)[P+](=O)OCC(F)(F)F. The molecular formula is C3H3F3O4P+. The topological polar surface area (TPSA) is 63.6 Å². The van der Waals surface area contributed by atoms with Gasteiger partial charge in [-0.1, -0.05) is 0 Å². The third-order valence-electron chi connectivity index (χ3n) is 0.502. The molecule has 8 heteroatoms. The van der Waals surface area contributed by atoms with Crippen LogP contribution in [0.5, 0.6) is 0 Å². The van der Waals surface area contributed by atoms with Crippen molar-refractivity contribution in [3.63, 3.8) is 0 Å². The van der Waals surface area contributed by atoms with Crippen molar-refractivity contribution in [1.82, 2.24) is 0 Å². The fraction of sp³-hybridized carbons (Fsp3) is 0.667. The highest BCUT2D eigenvalue weighted by atomic mass is 31.1. The Morgan fingerprint density at radius 2 is 2.00 bits per heavy atom. The Kier molecular flexibility index (Phi) is 3.41. The summed E-state index contributed by atoms with van der Waals surface area (Å²) in [6.45, 7) is -1.81. The van der Waals surface area contributed by atoms with Crippen LogP contribution >= 0.6 is 8.03 Å². The van der Waals surface area contributed by atoms with Gasteiger partial charge in [0.05, 0.1) is 0 Å². The monoisotopic (exact) mass is 191 g/mol. The van der Waals surface area contributed by atoms with E-state index in [0.717, 1.165) is 0 Å². The average Bonchev–Trinajstić information content (AvgIpc) is 1.80. The Morgan fingerprint density at radius 3 is 2.27 bits per heavy atom. The van der Waals surface area contributed by atoms with Crippen LogP contribution in [0.1, 0.15) is 0 Å². The first-order valence-corrected chi connectivity index (χ1v) is 3.40. The molecule has 0 spiro atoms. The summed E-state index contributed by atoms with van der Waals surface area (Å²) < 4.78 is 47.2. The van der Waals surface area contributed by atoms with Gasteiger partial charge in [-0.15, -0.1) is 4.52 Å². The summed E-state index contributed by atoms with van der Waals surface area (Å²) in [7, 11) is -3.26. The van der Waals surface area contributed by atoms with Gasteiger partial charge >= 0.3 is 19.9 Å². The Balaban J connectivity index is 3.73. The van der Waals surface area contributed by atoms with Crippen LogP contribution in [0, 0.1) is 0 Å². The van der Waals surface area contributed by atoms with Gasteiger partial charge in [-0.2, -0.15) is 18.0 Å². The van der Waals surface area contributed by atoms with Crippen LogP contribution in [0.2, 0.25) is 0 Å². The van der Waals surface area contributed by atoms with Gasteiger partial charge in [-0.25, -0.2) is 0 Å². The molecule has 0 aliphatic rings. The molecule has 0 saturated carbocycles. The van der Waals surface area contributed by atoms with Crippen LogP contribution < -0.4 is 0 Å². The van der Waals surface area contributed by atoms with Gasteiger partial charge in [-0.3, -0.25) is 0 Å². The fourth-order valence-corrected chi connectivity index (χ4v) is 0.561. The van der Waals surface area contributed by atoms with Crippen molar-refractivity contribution in [1.29, 1.82) is 0 Å². The van der Waals surface area contributed by atoms with E-state index in [-0.39, 0.29) is 0 Å². The summed E-state index contributed by atoms with van der Waals surface area (Å²) in [5.74, 6) is 0. The second kappa shape index (κ2) is 3.64. The molecule has 64 valence electrons. The Morgan fingerprint density at radius 1 is 1.55 bits per heavy atom. The number of hydrogen-bond donors (Lipinski definition) is 1. The molecule has 0 saturated heterocycles. The zero-order valence-corrected chi connectivity index (χ0v) is 5.85. The molecule has 0 aromatic rings. The lowest BCUT2D eigenvalue weighted by molar-refractivity contribution is -0.152. The molecule has 0 radical (unpaired) electrons. The minimum absolute atomic E-state index is 1.81. The van der Waals surface area contributed by atoms with Gasteiger partial charge in [0.25, 0.3) is 0 Å². The molecule has 0 aliphatic carbocycles. The number of carbonyl (C=O) groups is 1. The largest absolute Gasteiger partial charge is 0.636 e. The zero-order valence-electron chi connectivity index (χ0n) is 4.96. The standard InChI is InChI=1S/C3H2F3O4P/c4-3(5,6)1-10-11(9)2(7)8/h1H2/p+1. The second-order valence-electron chi connectivity index (χ2n) is 1.43. The smallest absolute Gasteiger partial charge is 0.441 e. The maximum atomic E-state index is 11.2. The quantitative estimate of drug-likeness (QED) is 0.692. The van der Waals surface area contributed by atoms with E-state index in [9.17, 15) is 22.5 Å². The van der Waals surface area contributed by atoms with Crippen LogP contribution in [0.15, 0.2) is 0 Å². The van der Waals surface area contributed by atoms with E-state index in [1.165, 1.54) is 0 Å². The first kappa shape index (κ1) is 10.3. The lowest BCUT2D eigenvalue weighted by atomic mass is 10.7. The normalized spacial score (nSPS) is 12.8. The molecule has 0 heterocycles. The van der Waals surface area contributed by atoms with E-state index in [1.54, 1.807) is 0 Å². The van der Waals surface area contributed by atoms with Gasteiger partial charge in [0.1, 0.15) is 0 Å². The van der Waals surface area contributed by atoms with E-state index in [1.807, 2.05) is 0 Å². The Bertz CT molecular complexity index is 176. The third-order valence-corrected chi connectivity index (χ3v) is 1.18. The maximum absolute atomic E-state index is 11.2. The van der Waals surface area contributed by atoms with Crippen LogP contribution in [-0.2, 0) is 9.09 Å². The number of carboxylic acid groups (broad SMARTS) is 1. The molecule has 0 rings (SSSR count). The Hall–Kier alpha value is -0.680. The van der Waals surface area contributed by atoms with Crippen LogP contribution in [-0.4, -0.2) is 23.6 Å². The zero-order chi connectivity index (χ0) is 9.07. The molecule has 4 nitrogen and oxygen atoms in total. The van der Waals surface area contributed by atoms with Crippen molar-refractivity contribution in [2.75, 3.05) is 6.61 Å². The van der Waals surface area contributed by atoms with Crippen molar-refractivity contribution in [2.45, 2.75) is 6.18 Å². The number of halogens is 3. The predicted molar refractivity (Wildman–Crippen MR) is 27.6 cm³/mol. The minimum Gasteiger partial charge on any atom is -0.441 e. The van der Waals surface area contributed by atoms with Crippen molar-refractivity contribution in [2.24, 2.45) is 0 Å². The molecule has 0 amide bonds. The van der Waals surface area contributed by atoms with Gasteiger partial charge < -0.3 is 5.11 Å². The molecule has 0 fully saturated rings. The van der Waals surface area contributed by atoms with E-state index in [4.69, 9.17) is 5.11 Å². The highest BCUT2D eigenvalue weighted by Gasteiger charge is 2.38. The van der Waals surface area contributed by atoms with Gasteiger partial charge in [0.2, 0.25) is 0 Å². The predicted octanol–water partition coefficient (Wildman–Crippen LogP) is 1.99. The first-order valence-electron chi connectivity index (χ1n) is 2.23. The summed E-state index contributed by atoms with van der Waals surface area (Å²) >= 11 is 0. The van der Waals surface area contributed by atoms with Crippen LogP contribution in [0.4, 0.5) is 18.0 Å². The molecule has 11 heavy (non-hydrogen) atoms. The summed E-state index contributed by atoms with van der Waals surface area (Å²) in [6.07, 6.45) is -4.65. The van der Waals surface area contributed by atoms with Gasteiger partial charge in [0.15, 0.2) is 6.61 Å². The highest BCUT2D eigenvalue weighted by molar-refractivity contribution is 7.58. The van der Waals surface area contributed by atoms with Crippen LogP contribution in [0.3, 0.4) is 0 Å². The molecular weight excluding hydrogens is 188 g/mol. The molecule has 0 aromatic heterocycles. The summed E-state index contributed by atoms with van der Waals surface area (Å²) in [6, 6.07) is 0. The summed E-state index contributed by atoms with van der Waals surface area (Å²) in [4.78, 5) is 9.64. The van der Waals surface area contributed by atoms with Crippen LogP contribution in [0.25, 0.3) is 0 Å². The lowest BCUT2D eigenvalue weighted by Gasteiger charge is -1.97. The third kappa shape index (κ3) is 5.75. The van der Waals surface area contributed by atoms with Crippen molar-refractivity contribution < 1.29 is 32.2 Å². The molecule has 0 aliphatic heterocycles. The maximum Gasteiger partial charge on any atom is 0.636 e. The Labute approximate surface area is 59.8 Å². The highest BCUT2D eigenvalue weighted by Crippen LogP contribution is 2.27. The number of rotatable bonds is 3. The fourth-order valence-electron chi connectivity index (χ4n) is 0.187. The number of hydrogen-bond acceptors (Lipinski definition) is 3. The van der Waals surface area contributed by atoms with E-state index in [0.29, 0.717) is 0 Å². The molecule has 1 N–H and O–H groups in total. The first-order chi connectivity index (χ1) is 4.83. The molecule has 1 unspecified atom stereocenters. The number of alkyl halides is 3. The average molecular weight is 191 g/mol. The molecule has 0 aromatic carbocycles. The van der Waals surface area contributed by atoms with Gasteiger partial charge in [0, 0.05) is 0 Å². The van der Waals surface area contributed by atoms with E-state index in [2.05, 4.69) is 4.52 Å². The second-order valence-corrected chi connectivity index (χ2v) is 2.58. The van der Waals surface area contributed by atoms with E-state index >= 15 is 0 Å². The van der Waals surface area contributed by atoms with Gasteiger partial charge in [-0.05, 0) is 4.57 Å². The lowest BCUT2D eigenvalue weighted by Crippen LogP contribution is -2.14. The van der Waals surface area contributed by atoms with Crippen molar-refractivity contribution >= 4 is 13.7 Å². The minimum atomic E-state index is -4.65. The summed E-state index contributed by atoms with van der Waals surface area (Å²) in [5, 5.41) is 7.80. The molecule has 1 atom stereocenters. The van der Waals surface area contributed by atoms with Crippen molar-refractivity contribution in [3.05, 3.63) is 0 Å². The van der Waals surface area contributed by atoms with Crippen molar-refractivity contribution in [3.8, 4) is 0 Å².